The zero-order chi connectivity index (χ0) is 38.7. The molecule has 0 bridgehead atoms. The minimum atomic E-state index is 1.03. The van der Waals surface area contributed by atoms with Crippen LogP contribution in [0.5, 0.6) is 0 Å². The van der Waals surface area contributed by atoms with Crippen molar-refractivity contribution < 1.29 is 0 Å². The molecular formula is C56H40N2. The summed E-state index contributed by atoms with van der Waals surface area (Å²) in [6, 6.07) is 82.4. The van der Waals surface area contributed by atoms with Crippen LogP contribution < -0.4 is 10.6 Å². The number of fused-ring (bicyclic) bond motifs is 2. The largest absolute Gasteiger partial charge is 0.355 e. The highest BCUT2D eigenvalue weighted by Gasteiger charge is 2.20. The maximum Gasteiger partial charge on any atom is 0.0470 e. The first kappa shape index (κ1) is 34.8. The van der Waals surface area contributed by atoms with Crippen molar-refractivity contribution in [2.24, 2.45) is 0 Å². The predicted molar refractivity (Wildman–Crippen MR) is 248 cm³/mol. The quantitative estimate of drug-likeness (QED) is 0.154. The Morgan fingerprint density at radius 1 is 0.224 bits per heavy atom. The Balaban J connectivity index is 1.07. The van der Waals surface area contributed by atoms with Crippen LogP contribution in [0.2, 0.25) is 0 Å². The molecule has 10 rings (SSSR count). The fraction of sp³-hybridized carbons (Fsp3) is 0. The number of para-hydroxylation sites is 2. The van der Waals surface area contributed by atoms with Crippen LogP contribution in [-0.2, 0) is 0 Å². The Bertz CT molecular complexity index is 3030. The van der Waals surface area contributed by atoms with E-state index in [0.29, 0.717) is 0 Å². The zero-order valence-electron chi connectivity index (χ0n) is 31.9. The van der Waals surface area contributed by atoms with Crippen molar-refractivity contribution in [1.29, 1.82) is 0 Å². The van der Waals surface area contributed by atoms with Gasteiger partial charge in [-0.15, -0.1) is 0 Å². The first-order valence-corrected chi connectivity index (χ1v) is 19.9. The van der Waals surface area contributed by atoms with E-state index in [4.69, 9.17) is 0 Å². The highest BCUT2D eigenvalue weighted by Crippen LogP contribution is 2.46. The second-order valence-corrected chi connectivity index (χ2v) is 14.6. The summed E-state index contributed by atoms with van der Waals surface area (Å²) in [6.07, 6.45) is 0. The molecule has 0 aromatic heterocycles. The molecule has 0 aliphatic rings. The van der Waals surface area contributed by atoms with E-state index in [1.807, 2.05) is 0 Å². The minimum Gasteiger partial charge on any atom is -0.355 e. The van der Waals surface area contributed by atoms with Crippen molar-refractivity contribution in [3.63, 3.8) is 0 Å². The molecule has 0 heterocycles. The molecule has 0 saturated heterocycles. The van der Waals surface area contributed by atoms with Gasteiger partial charge in [0.1, 0.15) is 0 Å². The van der Waals surface area contributed by atoms with Crippen LogP contribution in [-0.4, -0.2) is 0 Å². The molecule has 0 aliphatic carbocycles. The molecule has 0 spiro atoms. The lowest BCUT2D eigenvalue weighted by Gasteiger charge is -2.22. The maximum absolute atomic E-state index is 3.95. The predicted octanol–water partition coefficient (Wildman–Crippen LogP) is 15.8. The fourth-order valence-corrected chi connectivity index (χ4v) is 8.36. The monoisotopic (exact) mass is 740 g/mol. The van der Waals surface area contributed by atoms with Crippen molar-refractivity contribution >= 4 is 44.3 Å². The summed E-state index contributed by atoms with van der Waals surface area (Å²) in [5.41, 5.74) is 15.9. The Morgan fingerprint density at radius 3 is 1.26 bits per heavy atom. The van der Waals surface area contributed by atoms with E-state index in [2.05, 4.69) is 241 Å². The average molecular weight is 741 g/mol. The first-order valence-electron chi connectivity index (χ1n) is 19.9. The molecule has 0 atom stereocenters. The molecule has 0 radical (unpaired) electrons. The maximum atomic E-state index is 3.95. The van der Waals surface area contributed by atoms with Gasteiger partial charge < -0.3 is 10.6 Å². The summed E-state index contributed by atoms with van der Waals surface area (Å²) in [4.78, 5) is 0. The minimum absolute atomic E-state index is 1.03. The van der Waals surface area contributed by atoms with E-state index in [0.717, 1.165) is 50.6 Å². The normalized spacial score (nSPS) is 11.1. The molecule has 2 N–H and O–H groups in total. The van der Waals surface area contributed by atoms with Gasteiger partial charge in [0.2, 0.25) is 0 Å². The first-order chi connectivity index (χ1) is 28.8. The average Bonchev–Trinajstić information content (AvgIpc) is 3.30. The van der Waals surface area contributed by atoms with Gasteiger partial charge >= 0.3 is 0 Å². The topological polar surface area (TPSA) is 24.1 Å². The van der Waals surface area contributed by atoms with Crippen molar-refractivity contribution in [1.82, 2.24) is 0 Å². The Hall–Kier alpha value is -7.68. The molecule has 274 valence electrons. The molecule has 10 aromatic carbocycles. The summed E-state index contributed by atoms with van der Waals surface area (Å²) in [5.74, 6) is 0. The van der Waals surface area contributed by atoms with Gasteiger partial charge in [-0.25, -0.2) is 0 Å². The molecule has 2 heteroatoms. The third kappa shape index (κ3) is 6.67. The van der Waals surface area contributed by atoms with Crippen LogP contribution in [0.4, 0.5) is 22.7 Å². The van der Waals surface area contributed by atoms with E-state index in [1.54, 1.807) is 0 Å². The number of nitrogens with one attached hydrogen (secondary N) is 2. The summed E-state index contributed by atoms with van der Waals surface area (Å²) >= 11 is 0. The molecule has 0 saturated carbocycles. The number of rotatable bonds is 9. The second kappa shape index (κ2) is 15.5. The Morgan fingerprint density at radius 2 is 0.672 bits per heavy atom. The van der Waals surface area contributed by atoms with E-state index in [9.17, 15) is 0 Å². The van der Waals surface area contributed by atoms with Gasteiger partial charge in [-0.05, 0) is 90.8 Å². The van der Waals surface area contributed by atoms with Crippen LogP contribution in [0.25, 0.3) is 77.2 Å². The Labute approximate surface area is 339 Å². The van der Waals surface area contributed by atoms with E-state index >= 15 is 0 Å². The molecule has 0 aliphatic heterocycles. The van der Waals surface area contributed by atoms with Crippen molar-refractivity contribution in [3.8, 4) is 55.6 Å². The van der Waals surface area contributed by atoms with Gasteiger partial charge in [-0.2, -0.15) is 0 Å². The van der Waals surface area contributed by atoms with Crippen molar-refractivity contribution in [2.45, 2.75) is 0 Å². The molecular weight excluding hydrogens is 701 g/mol. The van der Waals surface area contributed by atoms with Gasteiger partial charge in [-0.1, -0.05) is 200 Å². The van der Waals surface area contributed by atoms with Gasteiger partial charge in [0.05, 0.1) is 0 Å². The van der Waals surface area contributed by atoms with Gasteiger partial charge in [0.25, 0.3) is 0 Å². The second-order valence-electron chi connectivity index (χ2n) is 14.6. The highest BCUT2D eigenvalue weighted by molar-refractivity contribution is 6.04. The standard InChI is InChI=1S/C56H40N2/c1-3-19-42(20-4-1)55-47(41-33-35-44(36-34-41)57-52-31-13-11-27-50(52)48-29-15-23-39-17-7-9-25-45(39)48)37-38-54(56(55)43-21-5-2-6-22-43)58-53-32-14-12-28-51(53)49-30-16-24-40-18-8-10-26-46(40)49/h1-38,57-58H. The summed E-state index contributed by atoms with van der Waals surface area (Å²) in [5, 5.41) is 12.6. The SMILES string of the molecule is c1ccc(-c2c(Nc3ccccc3-c3cccc4ccccc34)ccc(-c3ccc(Nc4ccccc4-c4cccc5ccccc45)cc3)c2-c2ccccc2)cc1. The van der Waals surface area contributed by atoms with Gasteiger partial charge in [0.15, 0.2) is 0 Å². The summed E-state index contributed by atoms with van der Waals surface area (Å²) in [6.45, 7) is 0. The third-order valence-electron chi connectivity index (χ3n) is 11.1. The lowest BCUT2D eigenvalue weighted by atomic mass is 9.86. The molecule has 2 nitrogen and oxygen atoms in total. The summed E-state index contributed by atoms with van der Waals surface area (Å²) in [7, 11) is 0. The van der Waals surface area contributed by atoms with Crippen molar-refractivity contribution in [3.05, 3.63) is 231 Å². The van der Waals surface area contributed by atoms with Crippen LogP contribution in [0.1, 0.15) is 0 Å². The van der Waals surface area contributed by atoms with Gasteiger partial charge in [0, 0.05) is 39.4 Å². The summed E-state index contributed by atoms with van der Waals surface area (Å²) < 4.78 is 0. The third-order valence-corrected chi connectivity index (χ3v) is 11.1. The molecule has 0 fully saturated rings. The number of anilines is 4. The smallest absolute Gasteiger partial charge is 0.0470 e. The molecule has 10 aromatic rings. The lowest BCUT2D eigenvalue weighted by molar-refractivity contribution is 1.50. The van der Waals surface area contributed by atoms with E-state index < -0.39 is 0 Å². The van der Waals surface area contributed by atoms with E-state index in [-0.39, 0.29) is 0 Å². The van der Waals surface area contributed by atoms with E-state index in [1.165, 1.54) is 49.4 Å². The Kier molecular flexibility index (Phi) is 9.27. The molecule has 0 amide bonds. The fourth-order valence-electron chi connectivity index (χ4n) is 8.36. The van der Waals surface area contributed by atoms with Crippen LogP contribution in [0.3, 0.4) is 0 Å². The highest BCUT2D eigenvalue weighted by atomic mass is 14.9. The molecule has 58 heavy (non-hydrogen) atoms. The molecule has 0 unspecified atom stereocenters. The number of benzene rings is 10. The van der Waals surface area contributed by atoms with Crippen LogP contribution in [0.15, 0.2) is 231 Å². The van der Waals surface area contributed by atoms with Gasteiger partial charge in [-0.3, -0.25) is 0 Å². The van der Waals surface area contributed by atoms with Crippen LogP contribution in [0, 0.1) is 0 Å². The number of hydrogen-bond donors (Lipinski definition) is 2. The lowest BCUT2D eigenvalue weighted by Crippen LogP contribution is -2.00. The number of hydrogen-bond acceptors (Lipinski definition) is 2. The van der Waals surface area contributed by atoms with Crippen molar-refractivity contribution in [2.75, 3.05) is 10.6 Å². The zero-order valence-corrected chi connectivity index (χ0v) is 31.9. The van der Waals surface area contributed by atoms with Crippen LogP contribution >= 0.6 is 0 Å².